The van der Waals surface area contributed by atoms with Crippen LogP contribution in [-0.2, 0) is 6.54 Å². The number of phenolic OH excluding ortho intramolecular Hbond substituents is 1. The highest BCUT2D eigenvalue weighted by Gasteiger charge is 2.07. The number of phenols is 1. The standard InChI is InChI=1S/C13H18N2O2/c1-3-17-12-6-4-5-11(13(12)16)9-15-8-10(2)7-14/h4-6,10,15-16H,3,8-9H2,1-2H3. The topological polar surface area (TPSA) is 65.3 Å². The lowest BCUT2D eigenvalue weighted by atomic mass is 10.1. The van der Waals surface area contributed by atoms with Gasteiger partial charge in [-0.25, -0.2) is 0 Å². The summed E-state index contributed by atoms with van der Waals surface area (Å²) in [4.78, 5) is 0. The van der Waals surface area contributed by atoms with E-state index in [9.17, 15) is 5.11 Å². The fourth-order valence-corrected chi connectivity index (χ4v) is 1.45. The fraction of sp³-hybridized carbons (Fsp3) is 0.462. The predicted octanol–water partition coefficient (Wildman–Crippen LogP) is 2.04. The molecule has 0 aliphatic carbocycles. The Kier molecular flexibility index (Phi) is 5.31. The third kappa shape index (κ3) is 3.97. The van der Waals surface area contributed by atoms with Gasteiger partial charge in [0.25, 0.3) is 0 Å². The van der Waals surface area contributed by atoms with Crippen molar-refractivity contribution in [2.24, 2.45) is 5.92 Å². The van der Waals surface area contributed by atoms with Gasteiger partial charge in [0.05, 0.1) is 18.6 Å². The molecule has 0 aliphatic rings. The molecule has 0 heterocycles. The first-order valence-electron chi connectivity index (χ1n) is 5.73. The molecule has 0 spiro atoms. The maximum Gasteiger partial charge on any atom is 0.162 e. The first-order valence-corrected chi connectivity index (χ1v) is 5.73. The van der Waals surface area contributed by atoms with Crippen molar-refractivity contribution in [1.82, 2.24) is 5.32 Å². The van der Waals surface area contributed by atoms with Crippen LogP contribution in [0.1, 0.15) is 19.4 Å². The van der Waals surface area contributed by atoms with E-state index in [0.717, 1.165) is 5.56 Å². The summed E-state index contributed by atoms with van der Waals surface area (Å²) in [5.74, 6) is 0.638. The summed E-state index contributed by atoms with van der Waals surface area (Å²) in [6.45, 7) is 5.38. The van der Waals surface area contributed by atoms with E-state index in [0.29, 0.717) is 25.4 Å². The predicted molar refractivity (Wildman–Crippen MR) is 65.8 cm³/mol. The van der Waals surface area contributed by atoms with E-state index in [1.54, 1.807) is 6.07 Å². The molecule has 1 atom stereocenters. The maximum absolute atomic E-state index is 9.91. The quantitative estimate of drug-likeness (QED) is 0.790. The van der Waals surface area contributed by atoms with Gasteiger partial charge < -0.3 is 15.2 Å². The second-order valence-corrected chi connectivity index (χ2v) is 3.86. The molecule has 0 amide bonds. The van der Waals surface area contributed by atoms with Crippen molar-refractivity contribution < 1.29 is 9.84 Å². The van der Waals surface area contributed by atoms with Crippen molar-refractivity contribution in [1.29, 1.82) is 5.26 Å². The number of aromatic hydroxyl groups is 1. The molecule has 0 aliphatic heterocycles. The lowest BCUT2D eigenvalue weighted by Gasteiger charge is -2.11. The molecule has 2 N–H and O–H groups in total. The number of hydrogen-bond donors (Lipinski definition) is 2. The zero-order valence-electron chi connectivity index (χ0n) is 10.2. The molecule has 0 aromatic heterocycles. The van der Waals surface area contributed by atoms with Crippen molar-refractivity contribution in [2.75, 3.05) is 13.2 Å². The van der Waals surface area contributed by atoms with Crippen LogP contribution in [0.15, 0.2) is 18.2 Å². The second-order valence-electron chi connectivity index (χ2n) is 3.86. The summed E-state index contributed by atoms with van der Waals surface area (Å²) in [6, 6.07) is 7.56. The van der Waals surface area contributed by atoms with Gasteiger partial charge >= 0.3 is 0 Å². The highest BCUT2D eigenvalue weighted by atomic mass is 16.5. The van der Waals surface area contributed by atoms with Crippen molar-refractivity contribution >= 4 is 0 Å². The van der Waals surface area contributed by atoms with E-state index in [-0.39, 0.29) is 11.7 Å². The molecule has 0 fully saturated rings. The van der Waals surface area contributed by atoms with Crippen LogP contribution >= 0.6 is 0 Å². The lowest BCUT2D eigenvalue weighted by Crippen LogP contribution is -2.19. The van der Waals surface area contributed by atoms with Gasteiger partial charge in [-0.3, -0.25) is 0 Å². The van der Waals surface area contributed by atoms with Crippen LogP contribution in [0.4, 0.5) is 0 Å². The van der Waals surface area contributed by atoms with Crippen molar-refractivity contribution in [3.63, 3.8) is 0 Å². The Bertz CT molecular complexity index is 399. The van der Waals surface area contributed by atoms with E-state index in [1.807, 2.05) is 26.0 Å². The van der Waals surface area contributed by atoms with Crippen LogP contribution in [0.2, 0.25) is 0 Å². The number of rotatable bonds is 6. The maximum atomic E-state index is 9.91. The number of ether oxygens (including phenoxy) is 1. The molecule has 4 nitrogen and oxygen atoms in total. The van der Waals surface area contributed by atoms with Gasteiger partial charge in [0.1, 0.15) is 0 Å². The van der Waals surface area contributed by atoms with Crippen LogP contribution in [-0.4, -0.2) is 18.3 Å². The smallest absolute Gasteiger partial charge is 0.162 e. The first-order chi connectivity index (χ1) is 8.19. The summed E-state index contributed by atoms with van der Waals surface area (Å²) in [6.07, 6.45) is 0. The number of benzene rings is 1. The fourth-order valence-electron chi connectivity index (χ4n) is 1.45. The van der Waals surface area contributed by atoms with E-state index in [4.69, 9.17) is 10.00 Å². The monoisotopic (exact) mass is 234 g/mol. The van der Waals surface area contributed by atoms with E-state index >= 15 is 0 Å². The Balaban J connectivity index is 2.59. The number of nitrogens with zero attached hydrogens (tertiary/aromatic N) is 1. The molecule has 0 radical (unpaired) electrons. The molecule has 4 heteroatoms. The van der Waals surface area contributed by atoms with Crippen LogP contribution in [0, 0.1) is 17.2 Å². The van der Waals surface area contributed by atoms with Gasteiger partial charge in [0.2, 0.25) is 0 Å². The molecule has 1 unspecified atom stereocenters. The van der Waals surface area contributed by atoms with Gasteiger partial charge in [-0.15, -0.1) is 0 Å². The molecule has 0 saturated carbocycles. The molecular formula is C13H18N2O2. The minimum atomic E-state index is -0.0350. The number of nitriles is 1. The molecule has 1 aromatic carbocycles. The summed E-state index contributed by atoms with van der Waals surface area (Å²) in [7, 11) is 0. The highest BCUT2D eigenvalue weighted by molar-refractivity contribution is 5.45. The summed E-state index contributed by atoms with van der Waals surface area (Å²) >= 11 is 0. The van der Waals surface area contributed by atoms with Crippen molar-refractivity contribution in [3.8, 4) is 17.6 Å². The van der Waals surface area contributed by atoms with E-state index < -0.39 is 0 Å². The summed E-state index contributed by atoms with van der Waals surface area (Å²) in [5.41, 5.74) is 0.779. The molecular weight excluding hydrogens is 216 g/mol. The van der Waals surface area contributed by atoms with Crippen LogP contribution in [0.25, 0.3) is 0 Å². The van der Waals surface area contributed by atoms with E-state index in [2.05, 4.69) is 11.4 Å². The summed E-state index contributed by atoms with van der Waals surface area (Å²) in [5, 5.41) is 21.7. The molecule has 0 saturated heterocycles. The molecule has 0 bridgehead atoms. The Labute approximate surface area is 102 Å². The zero-order chi connectivity index (χ0) is 12.7. The lowest BCUT2D eigenvalue weighted by molar-refractivity contribution is 0.316. The highest BCUT2D eigenvalue weighted by Crippen LogP contribution is 2.29. The minimum absolute atomic E-state index is 0.0350. The zero-order valence-corrected chi connectivity index (χ0v) is 10.2. The Morgan fingerprint density at radius 2 is 2.29 bits per heavy atom. The second kappa shape index (κ2) is 6.77. The molecule has 1 rings (SSSR count). The SMILES string of the molecule is CCOc1cccc(CNCC(C)C#N)c1O. The number of hydrogen-bond acceptors (Lipinski definition) is 4. The van der Waals surface area contributed by atoms with E-state index in [1.165, 1.54) is 0 Å². The third-order valence-corrected chi connectivity index (χ3v) is 2.37. The largest absolute Gasteiger partial charge is 0.504 e. The minimum Gasteiger partial charge on any atom is -0.504 e. The average Bonchev–Trinajstić information content (AvgIpc) is 2.33. The van der Waals surface area contributed by atoms with Gasteiger partial charge in [-0.05, 0) is 19.9 Å². The van der Waals surface area contributed by atoms with Gasteiger partial charge in [0.15, 0.2) is 11.5 Å². The Morgan fingerprint density at radius 3 is 2.94 bits per heavy atom. The molecule has 17 heavy (non-hydrogen) atoms. The van der Waals surface area contributed by atoms with Gasteiger partial charge in [0, 0.05) is 18.7 Å². The first kappa shape index (κ1) is 13.3. The van der Waals surface area contributed by atoms with Gasteiger partial charge in [-0.1, -0.05) is 12.1 Å². The summed E-state index contributed by atoms with van der Waals surface area (Å²) < 4.78 is 5.30. The third-order valence-electron chi connectivity index (χ3n) is 2.37. The number of para-hydroxylation sites is 1. The average molecular weight is 234 g/mol. The van der Waals surface area contributed by atoms with Gasteiger partial charge in [-0.2, -0.15) is 5.26 Å². The van der Waals surface area contributed by atoms with Crippen LogP contribution in [0.5, 0.6) is 11.5 Å². The molecule has 1 aromatic rings. The Morgan fingerprint density at radius 1 is 1.53 bits per heavy atom. The van der Waals surface area contributed by atoms with Crippen LogP contribution < -0.4 is 10.1 Å². The van der Waals surface area contributed by atoms with Crippen molar-refractivity contribution in [3.05, 3.63) is 23.8 Å². The molecule has 92 valence electrons. The van der Waals surface area contributed by atoms with Crippen LogP contribution in [0.3, 0.4) is 0 Å². The van der Waals surface area contributed by atoms with Crippen molar-refractivity contribution in [2.45, 2.75) is 20.4 Å². The Hall–Kier alpha value is -1.73. The number of nitrogens with one attached hydrogen (secondary N) is 1. The normalized spacial score (nSPS) is 11.8.